The van der Waals surface area contributed by atoms with Gasteiger partial charge in [0.2, 0.25) is 10.0 Å². The predicted molar refractivity (Wildman–Crippen MR) is 102 cm³/mol. The maximum Gasteiger partial charge on any atom is 0.324 e. The Bertz CT molecular complexity index is 1050. The van der Waals surface area contributed by atoms with Gasteiger partial charge in [-0.15, -0.1) is 0 Å². The summed E-state index contributed by atoms with van der Waals surface area (Å²) in [4.78, 5) is 36.8. The van der Waals surface area contributed by atoms with Gasteiger partial charge in [-0.25, -0.2) is 13.2 Å². The number of sulfonamides is 1. The van der Waals surface area contributed by atoms with E-state index in [-0.39, 0.29) is 17.0 Å². The maximum atomic E-state index is 12.8. The fourth-order valence-electron chi connectivity index (χ4n) is 2.70. The summed E-state index contributed by atoms with van der Waals surface area (Å²) in [6, 6.07) is 2.73. The fourth-order valence-corrected chi connectivity index (χ4v) is 4.79. The van der Waals surface area contributed by atoms with E-state index in [0.717, 1.165) is 16.6 Å². The van der Waals surface area contributed by atoms with Gasteiger partial charge in [0.05, 0.1) is 11.7 Å². The zero-order chi connectivity index (χ0) is 21.2. The lowest BCUT2D eigenvalue weighted by molar-refractivity contribution is -0.153. The summed E-state index contributed by atoms with van der Waals surface area (Å²) >= 11 is 0.880. The molecule has 156 valence electrons. The van der Waals surface area contributed by atoms with E-state index in [1.807, 2.05) is 0 Å². The van der Waals surface area contributed by atoms with Crippen LogP contribution in [0.2, 0.25) is 0 Å². The van der Waals surface area contributed by atoms with Crippen LogP contribution in [0.5, 0.6) is 0 Å². The molecule has 0 spiro atoms. The molecule has 0 bridgehead atoms. The summed E-state index contributed by atoms with van der Waals surface area (Å²) in [7, 11) is -4.12. The summed E-state index contributed by atoms with van der Waals surface area (Å²) in [5, 5.41) is 2.46. The first-order valence-corrected chi connectivity index (χ1v) is 10.9. The molecule has 13 heteroatoms. The molecule has 11 nitrogen and oxygen atoms in total. The quantitative estimate of drug-likeness (QED) is 0.575. The first-order valence-electron chi connectivity index (χ1n) is 8.69. The zero-order valence-corrected chi connectivity index (χ0v) is 17.2. The smallest absolute Gasteiger partial charge is 0.324 e. The second kappa shape index (κ2) is 8.39. The molecule has 2 N–H and O–H groups in total. The molecule has 1 fully saturated rings. The highest BCUT2D eigenvalue weighted by molar-refractivity contribution is 7.89. The van der Waals surface area contributed by atoms with E-state index in [1.165, 1.54) is 12.1 Å². The van der Waals surface area contributed by atoms with E-state index in [9.17, 15) is 22.8 Å². The third-order valence-corrected chi connectivity index (χ3v) is 6.25. The largest absolute Gasteiger partial charge is 0.454 e. The Morgan fingerprint density at radius 1 is 1.34 bits per heavy atom. The van der Waals surface area contributed by atoms with Crippen molar-refractivity contribution in [2.24, 2.45) is 5.92 Å². The summed E-state index contributed by atoms with van der Waals surface area (Å²) in [5.41, 5.74) is 0.632. The number of amides is 3. The fraction of sp³-hybridized carbons (Fsp3) is 0.438. The number of rotatable bonds is 7. The number of carbonyl (C=O) groups excluding carboxylic acids is 3. The summed E-state index contributed by atoms with van der Waals surface area (Å²) in [6.45, 7) is 3.11. The van der Waals surface area contributed by atoms with Crippen LogP contribution in [-0.2, 0) is 24.3 Å². The number of nitrogens with zero attached hydrogens (tertiary/aromatic N) is 3. The number of aromatic nitrogens is 2. The molecule has 3 rings (SSSR count). The van der Waals surface area contributed by atoms with Crippen LogP contribution in [0.3, 0.4) is 0 Å². The second-order valence-electron chi connectivity index (χ2n) is 6.62. The van der Waals surface area contributed by atoms with Crippen LogP contribution in [0.25, 0.3) is 11.0 Å². The third kappa shape index (κ3) is 4.52. The number of esters is 1. The van der Waals surface area contributed by atoms with Gasteiger partial charge in [0.15, 0.2) is 6.61 Å². The minimum absolute atomic E-state index is 0.105. The van der Waals surface area contributed by atoms with Crippen LogP contribution in [0.15, 0.2) is 23.1 Å². The Kier molecular flexibility index (Phi) is 6.10. The normalized spacial score (nSPS) is 15.6. The van der Waals surface area contributed by atoms with Gasteiger partial charge in [-0.1, -0.05) is 19.9 Å². The van der Waals surface area contributed by atoms with E-state index >= 15 is 0 Å². The van der Waals surface area contributed by atoms with Gasteiger partial charge in [0.1, 0.15) is 22.0 Å². The minimum atomic E-state index is -4.12. The molecule has 2 heterocycles. The molecular formula is C16H19N5O6S2. The van der Waals surface area contributed by atoms with Crippen molar-refractivity contribution in [1.82, 2.24) is 23.7 Å². The molecule has 1 saturated heterocycles. The van der Waals surface area contributed by atoms with Crippen molar-refractivity contribution >= 4 is 50.7 Å². The second-order valence-corrected chi connectivity index (χ2v) is 8.83. The van der Waals surface area contributed by atoms with Crippen LogP contribution in [0.4, 0.5) is 4.79 Å². The van der Waals surface area contributed by atoms with Crippen molar-refractivity contribution in [2.75, 3.05) is 19.7 Å². The Labute approximate surface area is 170 Å². The molecule has 1 aliphatic heterocycles. The number of nitrogens with one attached hydrogen (secondary N) is 2. The zero-order valence-electron chi connectivity index (χ0n) is 15.6. The van der Waals surface area contributed by atoms with Gasteiger partial charge in [-0.05, 0) is 18.1 Å². The van der Waals surface area contributed by atoms with Gasteiger partial charge in [-0.2, -0.15) is 13.5 Å². The van der Waals surface area contributed by atoms with Crippen molar-refractivity contribution in [3.63, 3.8) is 0 Å². The molecule has 0 saturated carbocycles. The van der Waals surface area contributed by atoms with Crippen molar-refractivity contribution in [1.29, 1.82) is 0 Å². The molecule has 1 aromatic carbocycles. The SMILES string of the molecule is CC(C)C(NS(=O)(=O)c1cccc2nsnc12)C(=O)OCC(=O)N1CCNC1=O. The van der Waals surface area contributed by atoms with Crippen LogP contribution in [-0.4, -0.2) is 65.7 Å². The van der Waals surface area contributed by atoms with Crippen molar-refractivity contribution in [2.45, 2.75) is 24.8 Å². The Hall–Kier alpha value is -2.64. The monoisotopic (exact) mass is 441 g/mol. The number of hydrogen-bond acceptors (Lipinski definition) is 9. The first-order chi connectivity index (χ1) is 13.7. The number of fused-ring (bicyclic) bond motifs is 1. The highest BCUT2D eigenvalue weighted by Gasteiger charge is 2.33. The maximum absolute atomic E-state index is 12.8. The number of carbonyl (C=O) groups is 3. The summed E-state index contributed by atoms with van der Waals surface area (Å²) in [6.07, 6.45) is 0. The number of urea groups is 1. The van der Waals surface area contributed by atoms with Crippen LogP contribution in [0, 0.1) is 5.92 Å². The van der Waals surface area contributed by atoms with E-state index in [1.54, 1.807) is 19.9 Å². The van der Waals surface area contributed by atoms with Crippen LogP contribution < -0.4 is 10.0 Å². The van der Waals surface area contributed by atoms with Crippen LogP contribution in [0.1, 0.15) is 13.8 Å². The molecule has 0 radical (unpaired) electrons. The van der Waals surface area contributed by atoms with E-state index in [0.29, 0.717) is 12.1 Å². The number of hydrogen-bond donors (Lipinski definition) is 2. The average molecular weight is 441 g/mol. The molecule has 1 unspecified atom stereocenters. The van der Waals surface area contributed by atoms with Gasteiger partial charge in [0.25, 0.3) is 5.91 Å². The van der Waals surface area contributed by atoms with E-state index in [4.69, 9.17) is 4.74 Å². The lowest BCUT2D eigenvalue weighted by Gasteiger charge is -2.21. The van der Waals surface area contributed by atoms with Gasteiger partial charge in [0, 0.05) is 13.1 Å². The summed E-state index contributed by atoms with van der Waals surface area (Å²) in [5.74, 6) is -2.06. The van der Waals surface area contributed by atoms with Gasteiger partial charge < -0.3 is 10.1 Å². The molecule has 1 atom stereocenters. The van der Waals surface area contributed by atoms with Crippen molar-refractivity contribution < 1.29 is 27.5 Å². The van der Waals surface area contributed by atoms with Gasteiger partial charge >= 0.3 is 12.0 Å². The topological polar surface area (TPSA) is 148 Å². The molecule has 29 heavy (non-hydrogen) atoms. The van der Waals surface area contributed by atoms with E-state index < -0.39 is 46.5 Å². The average Bonchev–Trinajstić information content (AvgIpc) is 3.32. The molecule has 1 aromatic heterocycles. The standard InChI is InChI=1S/C16H19N5O6S2/c1-9(2)13(15(23)27-8-12(22)21-7-6-17-16(21)24)20-29(25,26)11-5-3-4-10-14(11)19-28-18-10/h3-5,9,13,20H,6-8H2,1-2H3,(H,17,24). The molecule has 0 aliphatic carbocycles. The summed E-state index contributed by atoms with van der Waals surface area (Å²) < 4.78 is 41.0. The minimum Gasteiger partial charge on any atom is -0.454 e. The predicted octanol–water partition coefficient (Wildman–Crippen LogP) is 0.0892. The molecule has 3 amide bonds. The number of imide groups is 1. The molecular weight excluding hydrogens is 422 g/mol. The Morgan fingerprint density at radius 3 is 2.76 bits per heavy atom. The van der Waals surface area contributed by atoms with Crippen molar-refractivity contribution in [3.8, 4) is 0 Å². The number of benzene rings is 1. The highest BCUT2D eigenvalue weighted by atomic mass is 32.2. The lowest BCUT2D eigenvalue weighted by atomic mass is 10.1. The highest BCUT2D eigenvalue weighted by Crippen LogP contribution is 2.22. The van der Waals surface area contributed by atoms with Crippen LogP contribution >= 0.6 is 11.7 Å². The lowest BCUT2D eigenvalue weighted by Crippen LogP contribution is -2.46. The molecule has 1 aliphatic rings. The Balaban J connectivity index is 1.72. The van der Waals surface area contributed by atoms with Gasteiger partial charge in [-0.3, -0.25) is 14.5 Å². The Morgan fingerprint density at radius 2 is 2.10 bits per heavy atom. The number of ether oxygens (including phenoxy) is 1. The van der Waals surface area contributed by atoms with E-state index in [2.05, 4.69) is 18.8 Å². The van der Waals surface area contributed by atoms with Crippen molar-refractivity contribution in [3.05, 3.63) is 18.2 Å². The third-order valence-electron chi connectivity index (χ3n) is 4.24. The molecule has 2 aromatic rings. The first kappa shape index (κ1) is 21.1.